The number of oxime groups is 1. The van der Waals surface area contributed by atoms with Crippen molar-refractivity contribution in [1.82, 2.24) is 24.3 Å². The number of nitrogens with zero attached hydrogens (tertiary/aromatic N) is 6. The average molecular weight is 803 g/mol. The quantitative estimate of drug-likeness (QED) is 0.0343. The Morgan fingerprint density at radius 2 is 1.62 bits per heavy atom. The molecule has 288 valence electrons. The largest absolute Gasteiger partial charge is 0.477 e. The van der Waals surface area contributed by atoms with Crippen LogP contribution in [0, 0.1) is 0 Å². The standard InChI is InChI=1S/C37H33F2N9O6S2/c38-35(39)54-44-27(31(50)41-28-32(51)48-29(34(52)53)22(21-55-33(28)48)20-46-17-16-26(40)47(46)18-19-49)30-42-36(56-45-30)43-37(23-10-4-1-5-11-23,24-12-6-2-7-13-24)25-14-8-3-9-15-25/h1-17,28,33,35,40,49H,18-21H2,(H3,41,42,43,45,50,52,53)/p+1/t28-,33-/m1/s1. The summed E-state index contributed by atoms with van der Waals surface area (Å²) in [5, 5.41) is 28.4. The number of alkyl halides is 2. The van der Waals surface area contributed by atoms with Gasteiger partial charge in [-0.05, 0) is 16.7 Å². The van der Waals surface area contributed by atoms with Crippen molar-refractivity contribution in [1.29, 1.82) is 0 Å². The normalized spacial score (nSPS) is 17.0. The third-order valence-electron chi connectivity index (χ3n) is 9.22. The van der Waals surface area contributed by atoms with Gasteiger partial charge in [-0.3, -0.25) is 14.5 Å². The van der Waals surface area contributed by atoms with Gasteiger partial charge in [0.05, 0.1) is 12.7 Å². The van der Waals surface area contributed by atoms with Crippen molar-refractivity contribution in [2.45, 2.75) is 36.7 Å². The first kappa shape index (κ1) is 38.1. The topological polar surface area (TPSA) is 201 Å². The third kappa shape index (κ3) is 7.30. The predicted octanol–water partition coefficient (Wildman–Crippen LogP) is 2.99. The van der Waals surface area contributed by atoms with Gasteiger partial charge in [-0.1, -0.05) is 96.2 Å². The summed E-state index contributed by atoms with van der Waals surface area (Å²) >= 11 is 2.06. The van der Waals surface area contributed by atoms with Crippen LogP contribution in [0.1, 0.15) is 22.5 Å². The Balaban J connectivity index is 1.16. The lowest BCUT2D eigenvalue weighted by atomic mass is 9.77. The number of aliphatic carboxylic acids is 1. The number of nitrogen functional groups attached to an aromatic ring is 1. The Kier molecular flexibility index (Phi) is 11.1. The number of fused-ring (bicyclic) bond motifs is 1. The first-order valence-corrected chi connectivity index (χ1v) is 18.9. The molecule has 3 aromatic carbocycles. The van der Waals surface area contributed by atoms with Crippen molar-refractivity contribution in [2.75, 3.05) is 23.4 Å². The van der Waals surface area contributed by atoms with Crippen molar-refractivity contribution < 1.29 is 42.9 Å². The number of nitrogens with one attached hydrogen (secondary N) is 2. The zero-order valence-electron chi connectivity index (χ0n) is 29.2. The van der Waals surface area contributed by atoms with Crippen molar-refractivity contribution in [2.24, 2.45) is 5.16 Å². The number of aliphatic hydroxyl groups excluding tert-OH is 1. The molecule has 2 atom stereocenters. The maximum Gasteiger partial charge on any atom is 0.407 e. The average Bonchev–Trinajstić information content (AvgIpc) is 3.82. The number of thioether (sulfide) groups is 1. The second-order valence-corrected chi connectivity index (χ2v) is 14.4. The number of carbonyl (C=O) groups is 3. The van der Waals surface area contributed by atoms with Crippen LogP contribution in [0.25, 0.3) is 0 Å². The number of anilines is 2. The van der Waals surface area contributed by atoms with Crippen LogP contribution in [-0.2, 0) is 37.8 Å². The minimum absolute atomic E-state index is 0.0626. The van der Waals surface area contributed by atoms with Gasteiger partial charge in [0.2, 0.25) is 16.7 Å². The highest BCUT2D eigenvalue weighted by atomic mass is 32.2. The molecule has 2 aliphatic rings. The number of aliphatic hydroxyl groups is 1. The number of β-lactam (4-membered cyclic amide) rings is 1. The summed E-state index contributed by atoms with van der Waals surface area (Å²) in [4.78, 5) is 49.5. The smallest absolute Gasteiger partial charge is 0.407 e. The van der Waals surface area contributed by atoms with Crippen LogP contribution in [-0.4, -0.2) is 83.0 Å². The molecule has 2 aliphatic heterocycles. The fourth-order valence-corrected chi connectivity index (χ4v) is 8.73. The van der Waals surface area contributed by atoms with Gasteiger partial charge in [-0.25, -0.2) is 4.79 Å². The van der Waals surface area contributed by atoms with Gasteiger partial charge in [-0.2, -0.15) is 18.1 Å². The number of carboxylic acids is 1. The summed E-state index contributed by atoms with van der Waals surface area (Å²) in [6.45, 7) is -3.37. The number of carbonyl (C=O) groups excluding carboxylic acids is 2. The van der Waals surface area contributed by atoms with Crippen LogP contribution in [0.3, 0.4) is 0 Å². The monoisotopic (exact) mass is 802 g/mol. The van der Waals surface area contributed by atoms with Gasteiger partial charge in [0.15, 0.2) is 18.6 Å². The van der Waals surface area contributed by atoms with E-state index in [0.29, 0.717) is 11.4 Å². The summed E-state index contributed by atoms with van der Waals surface area (Å²) in [6, 6.07) is 29.1. The lowest BCUT2D eigenvalue weighted by Crippen LogP contribution is -2.71. The van der Waals surface area contributed by atoms with E-state index in [-0.39, 0.29) is 42.1 Å². The van der Waals surface area contributed by atoms with Gasteiger partial charge in [0.1, 0.15) is 29.2 Å². The van der Waals surface area contributed by atoms with Crippen molar-refractivity contribution in [3.63, 3.8) is 0 Å². The molecule has 7 rings (SSSR count). The molecular formula is C37H34F2N9O6S2+. The number of amides is 2. The lowest BCUT2D eigenvalue weighted by molar-refractivity contribution is -0.767. The van der Waals surface area contributed by atoms with Crippen LogP contribution < -0.4 is 21.0 Å². The molecule has 4 heterocycles. The summed E-state index contributed by atoms with van der Waals surface area (Å²) in [6.07, 6.45) is 1.63. The van der Waals surface area contributed by atoms with Crippen LogP contribution in [0.15, 0.2) is 120 Å². The van der Waals surface area contributed by atoms with E-state index in [1.54, 1.807) is 21.6 Å². The molecular weight excluding hydrogens is 769 g/mol. The predicted molar refractivity (Wildman–Crippen MR) is 202 cm³/mol. The second kappa shape index (κ2) is 16.3. The number of rotatable bonds is 15. The van der Waals surface area contributed by atoms with E-state index in [0.717, 1.165) is 33.1 Å². The summed E-state index contributed by atoms with van der Waals surface area (Å²) in [5.41, 5.74) is 6.93. The maximum atomic E-state index is 13.8. The number of nitrogens with two attached hydrogens (primary N) is 1. The molecule has 0 aliphatic carbocycles. The molecule has 0 saturated carbocycles. The minimum Gasteiger partial charge on any atom is -0.477 e. The first-order chi connectivity index (χ1) is 27.1. The minimum atomic E-state index is -3.39. The molecule has 0 spiro atoms. The third-order valence-corrected chi connectivity index (χ3v) is 11.2. The van der Waals surface area contributed by atoms with E-state index in [1.165, 1.54) is 11.8 Å². The molecule has 1 fully saturated rings. The SMILES string of the molecule is Nc1cc[n+](CC2=C(C(=O)O)N3C(=O)[C@@H](NC(=O)C(=NOC(F)F)c4nsc(NC(c5ccccc5)(c5ccccc5)c5ccccc5)n4)[C@H]3SC2)n1CCO. The molecule has 56 heavy (non-hydrogen) atoms. The van der Waals surface area contributed by atoms with E-state index < -0.39 is 47.1 Å². The van der Waals surface area contributed by atoms with Gasteiger partial charge < -0.3 is 31.4 Å². The molecule has 0 unspecified atom stereocenters. The van der Waals surface area contributed by atoms with Gasteiger partial charge in [0.25, 0.3) is 11.8 Å². The highest BCUT2D eigenvalue weighted by Crippen LogP contribution is 2.42. The van der Waals surface area contributed by atoms with Gasteiger partial charge >= 0.3 is 12.6 Å². The summed E-state index contributed by atoms with van der Waals surface area (Å²) < 4.78 is 34.1. The van der Waals surface area contributed by atoms with Crippen LogP contribution >= 0.6 is 23.3 Å². The first-order valence-electron chi connectivity index (χ1n) is 17.1. The van der Waals surface area contributed by atoms with Gasteiger partial charge in [-0.15, -0.1) is 21.1 Å². The lowest BCUT2D eigenvalue weighted by Gasteiger charge is -2.49. The Bertz CT molecular complexity index is 2190. The number of hydrogen-bond acceptors (Lipinski definition) is 12. The highest BCUT2D eigenvalue weighted by Gasteiger charge is 2.55. The molecule has 0 bridgehead atoms. The molecule has 1 saturated heterocycles. The number of hydrogen-bond donors (Lipinski definition) is 5. The van der Waals surface area contributed by atoms with Crippen LogP contribution in [0.2, 0.25) is 0 Å². The van der Waals surface area contributed by atoms with Crippen molar-refractivity contribution in [3.8, 4) is 0 Å². The Morgan fingerprint density at radius 3 is 2.18 bits per heavy atom. The fourth-order valence-electron chi connectivity index (χ4n) is 6.77. The van der Waals surface area contributed by atoms with Crippen molar-refractivity contribution >= 4 is 57.7 Å². The fraction of sp³-hybridized carbons (Fsp3) is 0.216. The Labute approximate surface area is 326 Å². The molecule has 0 radical (unpaired) electrons. The maximum absolute atomic E-state index is 13.8. The highest BCUT2D eigenvalue weighted by molar-refractivity contribution is 8.00. The molecule has 6 N–H and O–H groups in total. The Morgan fingerprint density at radius 1 is 1.02 bits per heavy atom. The zero-order valence-corrected chi connectivity index (χ0v) is 30.9. The molecule has 5 aromatic rings. The molecule has 2 aromatic heterocycles. The van der Waals surface area contributed by atoms with Crippen LogP contribution in [0.4, 0.5) is 19.7 Å². The number of benzene rings is 3. The zero-order chi connectivity index (χ0) is 39.4. The molecule has 19 heteroatoms. The molecule has 2 amide bonds. The number of aromatic nitrogens is 4. The van der Waals surface area contributed by atoms with E-state index >= 15 is 0 Å². The number of carboxylic acid groups (broad SMARTS) is 1. The number of halogens is 2. The van der Waals surface area contributed by atoms with E-state index in [4.69, 9.17) is 5.73 Å². The van der Waals surface area contributed by atoms with Crippen molar-refractivity contribution in [3.05, 3.63) is 137 Å². The van der Waals surface area contributed by atoms with Gasteiger partial charge in [0, 0.05) is 22.9 Å². The van der Waals surface area contributed by atoms with E-state index in [2.05, 4.69) is 30.0 Å². The Hall–Kier alpha value is -6.18. The van der Waals surface area contributed by atoms with E-state index in [9.17, 15) is 33.4 Å². The summed E-state index contributed by atoms with van der Waals surface area (Å²) in [7, 11) is 0. The summed E-state index contributed by atoms with van der Waals surface area (Å²) in [5.74, 6) is -3.00. The molecule has 15 nitrogen and oxygen atoms in total. The van der Waals surface area contributed by atoms with E-state index in [1.807, 2.05) is 91.0 Å². The van der Waals surface area contributed by atoms with Crippen LogP contribution in [0.5, 0.6) is 0 Å². The second-order valence-electron chi connectivity index (χ2n) is 12.5.